The lowest BCUT2D eigenvalue weighted by Gasteiger charge is -1.92. The molecule has 0 aromatic heterocycles. The molecule has 0 aliphatic heterocycles. The zero-order chi connectivity index (χ0) is 7.82. The van der Waals surface area contributed by atoms with Gasteiger partial charge in [-0.1, -0.05) is 0 Å². The topological polar surface area (TPSA) is 73.6 Å². The molecular formula is C6H12N2O2. The van der Waals surface area contributed by atoms with E-state index in [0.29, 0.717) is 13.0 Å². The van der Waals surface area contributed by atoms with Gasteiger partial charge in [-0.2, -0.15) is 0 Å². The third-order valence-corrected chi connectivity index (χ3v) is 1.18. The van der Waals surface area contributed by atoms with E-state index in [1.807, 2.05) is 5.11 Å². The zero-order valence-corrected chi connectivity index (χ0v) is 5.84. The summed E-state index contributed by atoms with van der Waals surface area (Å²) < 4.78 is 0. The minimum atomic E-state index is -0.753. The maximum absolute atomic E-state index is 9.97. The van der Waals surface area contributed by atoms with E-state index < -0.39 is 5.97 Å². The quantitative estimate of drug-likeness (QED) is 0.398. The van der Waals surface area contributed by atoms with Crippen LogP contribution in [0.3, 0.4) is 0 Å². The minimum absolute atomic E-state index is 0.228. The lowest BCUT2D eigenvalue weighted by atomic mass is 10.2. The predicted molar refractivity (Wildman–Crippen MR) is 35.3 cm³/mol. The Kier molecular flexibility index (Phi) is 5.62. The van der Waals surface area contributed by atoms with Crippen LogP contribution in [0, 0.1) is 0 Å². The second kappa shape index (κ2) is 6.19. The van der Waals surface area contributed by atoms with Crippen LogP contribution in [0.15, 0.2) is 0 Å². The molecule has 4 nitrogen and oxygen atoms in total. The first-order valence-corrected chi connectivity index (χ1v) is 3.36. The van der Waals surface area contributed by atoms with Gasteiger partial charge in [0.15, 0.2) is 0 Å². The molecule has 0 aromatic rings. The molecule has 0 bridgehead atoms. The van der Waals surface area contributed by atoms with Gasteiger partial charge in [0.05, 0.1) is 0 Å². The molecule has 0 rings (SSSR count). The van der Waals surface area contributed by atoms with Crippen molar-refractivity contribution in [1.82, 2.24) is 0 Å². The Morgan fingerprint density at radius 2 is 2.10 bits per heavy atom. The molecule has 0 aliphatic carbocycles. The number of nitrogens with one attached hydrogen (secondary N) is 1. The van der Waals surface area contributed by atoms with Crippen molar-refractivity contribution in [3.05, 3.63) is 5.53 Å². The van der Waals surface area contributed by atoms with Gasteiger partial charge in [-0.15, -0.1) is 0 Å². The Bertz CT molecular complexity index is 114. The summed E-state index contributed by atoms with van der Waals surface area (Å²) in [5.74, 6) is -0.753. The average Bonchev–Trinajstić information content (AvgIpc) is 1.87. The minimum Gasteiger partial charge on any atom is -0.509 e. The Morgan fingerprint density at radius 1 is 1.40 bits per heavy atom. The number of carboxylic acid groups (broad SMARTS) is 1. The zero-order valence-electron chi connectivity index (χ0n) is 5.84. The van der Waals surface area contributed by atoms with Crippen LogP contribution in [-0.4, -0.2) is 17.6 Å². The first-order chi connectivity index (χ1) is 4.77. The van der Waals surface area contributed by atoms with Gasteiger partial charge in [0.25, 0.3) is 0 Å². The van der Waals surface area contributed by atoms with Crippen molar-refractivity contribution in [2.75, 3.05) is 6.54 Å². The van der Waals surface area contributed by atoms with E-state index in [4.69, 9.17) is 10.6 Å². The third-order valence-electron chi connectivity index (χ3n) is 1.18. The highest BCUT2D eigenvalue weighted by Gasteiger charge is 1.95. The fourth-order valence-electron chi connectivity index (χ4n) is 0.657. The second-order valence-electron chi connectivity index (χ2n) is 2.11. The predicted octanol–water partition coefficient (Wildman–Crippen LogP) is -0.266. The van der Waals surface area contributed by atoms with Gasteiger partial charge >= 0.3 is 5.97 Å². The van der Waals surface area contributed by atoms with Crippen molar-refractivity contribution in [3.63, 3.8) is 0 Å². The molecule has 0 fully saturated rings. The molecule has 0 radical (unpaired) electrons. The van der Waals surface area contributed by atoms with Gasteiger partial charge in [-0.05, 0) is 12.8 Å². The number of aliphatic carboxylic acids is 1. The standard InChI is InChI=1S/C6H12N2O2/c7-8-5-3-1-2-4-6(9)10/h8H,1-5H2,(H,9,10). The van der Waals surface area contributed by atoms with Crippen molar-refractivity contribution in [2.45, 2.75) is 25.7 Å². The van der Waals surface area contributed by atoms with Gasteiger partial charge < -0.3 is 15.8 Å². The van der Waals surface area contributed by atoms with Crippen LogP contribution >= 0.6 is 0 Å². The molecule has 0 aliphatic rings. The molecule has 4 heteroatoms. The molecule has 0 atom stereocenters. The number of carbonyl (C=O) groups is 1. The maximum atomic E-state index is 9.97. The highest BCUT2D eigenvalue weighted by Crippen LogP contribution is 1.96. The van der Waals surface area contributed by atoms with Crippen LogP contribution < -0.4 is 5.11 Å². The van der Waals surface area contributed by atoms with Crippen LogP contribution in [0.25, 0.3) is 5.53 Å². The molecule has 0 amide bonds. The number of nitrogens with zero attached hydrogens (tertiary/aromatic N) is 1. The molecule has 0 saturated carbocycles. The number of hydrogen-bond donors (Lipinski definition) is 2. The van der Waals surface area contributed by atoms with Crippen LogP contribution in [-0.2, 0) is 4.79 Å². The number of rotatable bonds is 6. The largest absolute Gasteiger partial charge is 0.509 e. The van der Waals surface area contributed by atoms with Crippen molar-refractivity contribution < 1.29 is 15.0 Å². The summed E-state index contributed by atoms with van der Waals surface area (Å²) in [6, 6.07) is 0. The number of unbranched alkanes of at least 4 members (excludes halogenated alkanes) is 2. The summed E-state index contributed by atoms with van der Waals surface area (Å²) >= 11 is 0. The van der Waals surface area contributed by atoms with E-state index in [-0.39, 0.29) is 6.42 Å². The highest BCUT2D eigenvalue weighted by molar-refractivity contribution is 5.66. The Morgan fingerprint density at radius 3 is 2.60 bits per heavy atom. The van der Waals surface area contributed by atoms with Crippen molar-refractivity contribution in [2.24, 2.45) is 0 Å². The van der Waals surface area contributed by atoms with Gasteiger partial charge in [-0.3, -0.25) is 4.79 Å². The molecule has 10 heavy (non-hydrogen) atoms. The fourth-order valence-corrected chi connectivity index (χ4v) is 0.657. The second-order valence-corrected chi connectivity index (χ2v) is 2.11. The monoisotopic (exact) mass is 144 g/mol. The fraction of sp³-hybridized carbons (Fsp3) is 0.833. The SMILES string of the molecule is [N-]=[NH+]CCCCCC(=O)O. The lowest BCUT2D eigenvalue weighted by molar-refractivity contribution is -0.481. The summed E-state index contributed by atoms with van der Waals surface area (Å²) in [6.45, 7) is 0.541. The van der Waals surface area contributed by atoms with Crippen LogP contribution in [0.5, 0.6) is 0 Å². The highest BCUT2D eigenvalue weighted by atomic mass is 16.4. The molecular weight excluding hydrogens is 132 g/mol. The van der Waals surface area contributed by atoms with Gasteiger partial charge in [0.1, 0.15) is 6.54 Å². The summed E-state index contributed by atoms with van der Waals surface area (Å²) in [5, 5.41) is 10.2. The average molecular weight is 144 g/mol. The van der Waals surface area contributed by atoms with E-state index >= 15 is 0 Å². The van der Waals surface area contributed by atoms with E-state index in [9.17, 15) is 4.79 Å². The first kappa shape index (κ1) is 9.07. The Balaban J connectivity index is 2.90. The molecule has 58 valence electrons. The summed E-state index contributed by atoms with van der Waals surface area (Å²) in [6.07, 6.45) is 2.59. The Labute approximate surface area is 59.8 Å². The normalized spacial score (nSPS) is 9.20. The summed E-state index contributed by atoms with van der Waals surface area (Å²) in [5.41, 5.74) is 8.11. The van der Waals surface area contributed by atoms with Crippen molar-refractivity contribution in [3.8, 4) is 0 Å². The molecule has 0 saturated heterocycles. The van der Waals surface area contributed by atoms with Crippen molar-refractivity contribution in [1.29, 1.82) is 0 Å². The smallest absolute Gasteiger partial charge is 0.303 e. The van der Waals surface area contributed by atoms with E-state index in [1.165, 1.54) is 0 Å². The summed E-state index contributed by atoms with van der Waals surface area (Å²) in [7, 11) is 0. The molecule has 2 N–H and O–H groups in total. The van der Waals surface area contributed by atoms with E-state index in [0.717, 1.165) is 12.8 Å². The number of hydrogen-bond acceptors (Lipinski definition) is 1. The molecule has 0 spiro atoms. The molecule has 0 unspecified atom stereocenters. The van der Waals surface area contributed by atoms with E-state index in [2.05, 4.69) is 0 Å². The number of carboxylic acids is 1. The van der Waals surface area contributed by atoms with Gasteiger partial charge in [0, 0.05) is 12.8 Å². The molecule has 0 heterocycles. The van der Waals surface area contributed by atoms with Gasteiger partial charge in [-0.25, -0.2) is 0 Å². The van der Waals surface area contributed by atoms with Crippen LogP contribution in [0.4, 0.5) is 0 Å². The summed E-state index contributed by atoms with van der Waals surface area (Å²) in [4.78, 5) is 9.97. The van der Waals surface area contributed by atoms with Gasteiger partial charge in [0.2, 0.25) is 0 Å². The first-order valence-electron chi connectivity index (χ1n) is 3.36. The lowest BCUT2D eigenvalue weighted by Crippen LogP contribution is -2.62. The molecule has 0 aromatic carbocycles. The third kappa shape index (κ3) is 7.07. The van der Waals surface area contributed by atoms with Crippen molar-refractivity contribution >= 4 is 5.97 Å². The Hall–Kier alpha value is -0.930. The maximum Gasteiger partial charge on any atom is 0.303 e. The van der Waals surface area contributed by atoms with E-state index in [1.54, 1.807) is 0 Å². The van der Waals surface area contributed by atoms with Crippen LogP contribution in [0.2, 0.25) is 0 Å². The van der Waals surface area contributed by atoms with Crippen LogP contribution in [0.1, 0.15) is 25.7 Å².